The van der Waals surface area contributed by atoms with Crippen molar-refractivity contribution in [1.82, 2.24) is 19.9 Å². The number of anilines is 1. The second-order valence-corrected chi connectivity index (χ2v) is 4.45. The molecule has 0 saturated heterocycles. The lowest BCUT2D eigenvalue weighted by Crippen LogP contribution is -2.01. The van der Waals surface area contributed by atoms with E-state index in [9.17, 15) is 0 Å². The van der Waals surface area contributed by atoms with Crippen LogP contribution < -0.4 is 5.73 Å². The zero-order valence-corrected chi connectivity index (χ0v) is 10.9. The Kier molecular flexibility index (Phi) is 2.76. The molecular weight excluding hydrogens is 262 g/mol. The van der Waals surface area contributed by atoms with Gasteiger partial charge in [0.25, 0.3) is 0 Å². The van der Waals surface area contributed by atoms with E-state index in [1.807, 2.05) is 37.3 Å². The molecule has 0 atom stereocenters. The number of pyridine rings is 1. The van der Waals surface area contributed by atoms with E-state index in [2.05, 4.69) is 19.9 Å². The zero-order valence-electron chi connectivity index (χ0n) is 10.1. The maximum atomic E-state index is 5.83. The van der Waals surface area contributed by atoms with Gasteiger partial charge in [0.05, 0.1) is 5.52 Å². The Bertz CT molecular complexity index is 752. The number of nitrogen functional groups attached to an aromatic ring is 1. The van der Waals surface area contributed by atoms with Crippen molar-refractivity contribution in [3.05, 3.63) is 41.3 Å². The normalized spacial score (nSPS) is 10.8. The Morgan fingerprint density at radius 3 is 2.63 bits per heavy atom. The lowest BCUT2D eigenvalue weighted by molar-refractivity contribution is 1.07. The van der Waals surface area contributed by atoms with Crippen molar-refractivity contribution < 1.29 is 0 Å². The highest BCUT2D eigenvalue weighted by atomic mass is 35.5. The van der Waals surface area contributed by atoms with Gasteiger partial charge in [-0.05, 0) is 30.7 Å². The lowest BCUT2D eigenvalue weighted by Gasteiger charge is -2.07. The Balaban J connectivity index is 2.35. The molecule has 94 valence electrons. The molecule has 0 aliphatic rings. The van der Waals surface area contributed by atoms with E-state index in [-0.39, 0.29) is 11.2 Å². The van der Waals surface area contributed by atoms with Crippen LogP contribution in [0.1, 0.15) is 5.69 Å². The molecule has 2 aromatic heterocycles. The standard InChI is InChI=1S/C13H10ClN5/c1-7-6-9(8-4-2-3-5-10(8)16-7)11-17-12(14)19-13(15)18-11/h2-6H,1H3,(H2,15,17,18,19). The molecule has 2 N–H and O–H groups in total. The van der Waals surface area contributed by atoms with E-state index >= 15 is 0 Å². The SMILES string of the molecule is Cc1cc(-c2nc(N)nc(Cl)n2)c2ccccc2n1. The van der Waals surface area contributed by atoms with Gasteiger partial charge in [0.1, 0.15) is 0 Å². The number of nitrogens with two attached hydrogens (primary N) is 1. The largest absolute Gasteiger partial charge is 0.368 e. The first-order valence-electron chi connectivity index (χ1n) is 5.67. The summed E-state index contributed by atoms with van der Waals surface area (Å²) in [5.74, 6) is 0.563. The average Bonchev–Trinajstić information content (AvgIpc) is 2.36. The minimum atomic E-state index is 0.0843. The number of nitrogens with zero attached hydrogens (tertiary/aromatic N) is 4. The maximum Gasteiger partial charge on any atom is 0.227 e. The van der Waals surface area contributed by atoms with Gasteiger partial charge in [-0.1, -0.05) is 18.2 Å². The first-order valence-corrected chi connectivity index (χ1v) is 6.05. The third-order valence-corrected chi connectivity index (χ3v) is 2.88. The van der Waals surface area contributed by atoms with Crippen LogP contribution in [-0.4, -0.2) is 19.9 Å². The van der Waals surface area contributed by atoms with E-state index in [0.717, 1.165) is 22.2 Å². The Hall–Kier alpha value is -2.27. The van der Waals surface area contributed by atoms with Gasteiger partial charge in [-0.15, -0.1) is 0 Å². The van der Waals surface area contributed by atoms with Gasteiger partial charge in [-0.25, -0.2) is 0 Å². The molecule has 0 aliphatic heterocycles. The zero-order chi connectivity index (χ0) is 13.4. The molecule has 0 spiro atoms. The molecule has 3 rings (SSSR count). The van der Waals surface area contributed by atoms with Crippen LogP contribution in [0.3, 0.4) is 0 Å². The van der Waals surface area contributed by atoms with Gasteiger partial charge >= 0.3 is 0 Å². The fourth-order valence-electron chi connectivity index (χ4n) is 1.98. The van der Waals surface area contributed by atoms with E-state index in [1.54, 1.807) is 0 Å². The predicted molar refractivity (Wildman–Crippen MR) is 74.7 cm³/mol. The topological polar surface area (TPSA) is 77.6 Å². The van der Waals surface area contributed by atoms with Gasteiger partial charge in [-0.2, -0.15) is 15.0 Å². The van der Waals surface area contributed by atoms with Gasteiger partial charge in [0, 0.05) is 16.6 Å². The number of hydrogen-bond acceptors (Lipinski definition) is 5. The fourth-order valence-corrected chi connectivity index (χ4v) is 2.15. The Labute approximate surface area is 114 Å². The Morgan fingerprint density at radius 1 is 1.05 bits per heavy atom. The number of halogens is 1. The number of aryl methyl sites for hydroxylation is 1. The predicted octanol–water partition coefficient (Wildman–Crippen LogP) is 2.63. The monoisotopic (exact) mass is 271 g/mol. The molecular formula is C13H10ClN5. The molecule has 0 fully saturated rings. The summed E-state index contributed by atoms with van der Waals surface area (Å²) in [5.41, 5.74) is 8.22. The highest BCUT2D eigenvalue weighted by Gasteiger charge is 2.10. The van der Waals surface area contributed by atoms with E-state index in [4.69, 9.17) is 17.3 Å². The van der Waals surface area contributed by atoms with Crippen molar-refractivity contribution >= 4 is 28.5 Å². The van der Waals surface area contributed by atoms with Gasteiger partial charge < -0.3 is 5.73 Å². The molecule has 0 bridgehead atoms. The highest BCUT2D eigenvalue weighted by Crippen LogP contribution is 2.26. The molecule has 0 saturated carbocycles. The van der Waals surface area contributed by atoms with Crippen molar-refractivity contribution in [2.24, 2.45) is 0 Å². The second-order valence-electron chi connectivity index (χ2n) is 4.11. The number of rotatable bonds is 1. The van der Waals surface area contributed by atoms with E-state index in [0.29, 0.717) is 5.82 Å². The molecule has 3 aromatic rings. The van der Waals surface area contributed by atoms with Crippen molar-refractivity contribution in [2.45, 2.75) is 6.92 Å². The molecule has 5 nitrogen and oxygen atoms in total. The van der Waals surface area contributed by atoms with Crippen molar-refractivity contribution in [2.75, 3.05) is 5.73 Å². The molecule has 2 heterocycles. The smallest absolute Gasteiger partial charge is 0.227 e. The number of benzene rings is 1. The summed E-state index contributed by atoms with van der Waals surface area (Å²) in [7, 11) is 0. The van der Waals surface area contributed by atoms with Crippen molar-refractivity contribution in [1.29, 1.82) is 0 Å². The summed E-state index contributed by atoms with van der Waals surface area (Å²) in [6, 6.07) is 9.69. The summed E-state index contributed by atoms with van der Waals surface area (Å²) >= 11 is 5.83. The summed E-state index contributed by atoms with van der Waals surface area (Å²) < 4.78 is 0. The summed E-state index contributed by atoms with van der Waals surface area (Å²) in [5, 5.41) is 1.04. The molecule has 0 amide bonds. The summed E-state index contributed by atoms with van der Waals surface area (Å²) in [6.45, 7) is 1.92. The number of hydrogen-bond donors (Lipinski definition) is 1. The van der Waals surface area contributed by atoms with Crippen LogP contribution in [-0.2, 0) is 0 Å². The van der Waals surface area contributed by atoms with Crippen LogP contribution in [0.2, 0.25) is 5.28 Å². The van der Waals surface area contributed by atoms with Crippen LogP contribution in [0, 0.1) is 6.92 Å². The third-order valence-electron chi connectivity index (χ3n) is 2.71. The highest BCUT2D eigenvalue weighted by molar-refractivity contribution is 6.28. The molecule has 19 heavy (non-hydrogen) atoms. The lowest BCUT2D eigenvalue weighted by atomic mass is 10.1. The van der Waals surface area contributed by atoms with Gasteiger partial charge in [0.15, 0.2) is 5.82 Å². The molecule has 0 unspecified atom stereocenters. The maximum absolute atomic E-state index is 5.83. The number of para-hydroxylation sites is 1. The molecule has 1 aromatic carbocycles. The average molecular weight is 272 g/mol. The molecule has 0 aliphatic carbocycles. The van der Waals surface area contributed by atoms with E-state index in [1.165, 1.54) is 0 Å². The van der Waals surface area contributed by atoms with Crippen LogP contribution in [0.5, 0.6) is 0 Å². The van der Waals surface area contributed by atoms with Crippen LogP contribution in [0.25, 0.3) is 22.3 Å². The quantitative estimate of drug-likeness (QED) is 0.736. The minimum Gasteiger partial charge on any atom is -0.368 e. The van der Waals surface area contributed by atoms with Crippen LogP contribution in [0.15, 0.2) is 30.3 Å². The number of fused-ring (bicyclic) bond motifs is 1. The Morgan fingerprint density at radius 2 is 1.84 bits per heavy atom. The van der Waals surface area contributed by atoms with Gasteiger partial charge in [-0.3, -0.25) is 4.98 Å². The first kappa shape index (κ1) is 11.8. The second kappa shape index (κ2) is 4.44. The van der Waals surface area contributed by atoms with Gasteiger partial charge in [0.2, 0.25) is 11.2 Å². The molecule has 6 heteroatoms. The summed E-state index contributed by atoms with van der Waals surface area (Å²) in [4.78, 5) is 16.5. The third kappa shape index (κ3) is 2.20. The van der Waals surface area contributed by atoms with Crippen LogP contribution >= 0.6 is 11.6 Å². The van der Waals surface area contributed by atoms with Crippen molar-refractivity contribution in [3.63, 3.8) is 0 Å². The fraction of sp³-hybridized carbons (Fsp3) is 0.0769. The van der Waals surface area contributed by atoms with Crippen molar-refractivity contribution in [3.8, 4) is 11.4 Å². The summed E-state index contributed by atoms with van der Waals surface area (Å²) in [6.07, 6.45) is 0. The number of aromatic nitrogens is 4. The minimum absolute atomic E-state index is 0.0843. The first-order chi connectivity index (χ1) is 9.13. The molecule has 0 radical (unpaired) electrons. The van der Waals surface area contributed by atoms with Crippen LogP contribution in [0.4, 0.5) is 5.95 Å². The van der Waals surface area contributed by atoms with E-state index < -0.39 is 0 Å².